The van der Waals surface area contributed by atoms with Gasteiger partial charge in [-0.1, -0.05) is 26.2 Å². The molecule has 1 atom stereocenters. The molecule has 0 aromatic carbocycles. The van der Waals surface area contributed by atoms with Gasteiger partial charge in [0, 0.05) is 17.5 Å². The fraction of sp³-hybridized carbons (Fsp3) is 0.733. The highest BCUT2D eigenvalue weighted by Crippen LogP contribution is 2.28. The first-order chi connectivity index (χ1) is 8.31. The second kappa shape index (κ2) is 6.55. The minimum atomic E-state index is 0.733. The van der Waals surface area contributed by atoms with E-state index in [1.807, 2.05) is 11.3 Å². The Morgan fingerprint density at radius 3 is 2.71 bits per heavy atom. The maximum Gasteiger partial charge on any atom is 0.0305 e. The van der Waals surface area contributed by atoms with Crippen molar-refractivity contribution in [2.75, 3.05) is 0 Å². The molecule has 1 aliphatic carbocycles. The summed E-state index contributed by atoms with van der Waals surface area (Å²) in [5.74, 6) is 0.925. The fourth-order valence-corrected chi connectivity index (χ4v) is 3.85. The number of rotatable bonds is 5. The van der Waals surface area contributed by atoms with E-state index in [1.165, 1.54) is 49.0 Å². The summed E-state index contributed by atoms with van der Waals surface area (Å²) in [5.41, 5.74) is 1.45. The molecular weight excluding hydrogens is 226 g/mol. The molecular formula is C15H25NS. The molecule has 96 valence electrons. The van der Waals surface area contributed by atoms with Crippen LogP contribution in [0.2, 0.25) is 0 Å². The Balaban J connectivity index is 1.84. The van der Waals surface area contributed by atoms with Gasteiger partial charge in [-0.05, 0) is 49.1 Å². The molecule has 0 aliphatic heterocycles. The minimum absolute atomic E-state index is 0.733. The normalized spacial score (nSPS) is 19.4. The lowest BCUT2D eigenvalue weighted by molar-refractivity contribution is 0.262. The van der Waals surface area contributed by atoms with Crippen molar-refractivity contribution in [3.63, 3.8) is 0 Å². The van der Waals surface area contributed by atoms with Gasteiger partial charge in [-0.3, -0.25) is 0 Å². The van der Waals surface area contributed by atoms with Gasteiger partial charge < -0.3 is 5.32 Å². The van der Waals surface area contributed by atoms with Gasteiger partial charge in [0.05, 0.1) is 0 Å². The summed E-state index contributed by atoms with van der Waals surface area (Å²) < 4.78 is 0. The van der Waals surface area contributed by atoms with Gasteiger partial charge >= 0.3 is 0 Å². The quantitative estimate of drug-likeness (QED) is 0.812. The van der Waals surface area contributed by atoms with Crippen LogP contribution in [0.5, 0.6) is 0 Å². The molecule has 1 unspecified atom stereocenters. The van der Waals surface area contributed by atoms with Crippen LogP contribution < -0.4 is 5.32 Å². The van der Waals surface area contributed by atoms with E-state index in [1.54, 1.807) is 0 Å². The van der Waals surface area contributed by atoms with Crippen molar-refractivity contribution < 1.29 is 0 Å². The molecule has 1 nitrogen and oxygen atoms in total. The van der Waals surface area contributed by atoms with Crippen LogP contribution in [0.1, 0.15) is 55.9 Å². The molecule has 0 amide bonds. The molecule has 2 rings (SSSR count). The van der Waals surface area contributed by atoms with Crippen LogP contribution in [0.25, 0.3) is 0 Å². The van der Waals surface area contributed by atoms with Crippen molar-refractivity contribution in [3.05, 3.63) is 21.9 Å². The van der Waals surface area contributed by atoms with Crippen LogP contribution in [-0.4, -0.2) is 6.04 Å². The van der Waals surface area contributed by atoms with Gasteiger partial charge in [-0.15, -0.1) is 11.3 Å². The van der Waals surface area contributed by atoms with Crippen LogP contribution in [0.15, 0.2) is 11.4 Å². The third-order valence-corrected chi connectivity index (χ3v) is 5.17. The molecule has 0 spiro atoms. The van der Waals surface area contributed by atoms with Crippen molar-refractivity contribution >= 4 is 11.3 Å². The highest BCUT2D eigenvalue weighted by Gasteiger charge is 2.21. The zero-order valence-corrected chi connectivity index (χ0v) is 12.0. The Kier molecular flexibility index (Phi) is 5.05. The lowest BCUT2D eigenvalue weighted by Gasteiger charge is -2.30. The predicted octanol–water partition coefficient (Wildman–Crippen LogP) is 4.51. The molecule has 1 aromatic rings. The van der Waals surface area contributed by atoms with E-state index < -0.39 is 0 Å². The van der Waals surface area contributed by atoms with Crippen LogP contribution in [0, 0.1) is 12.8 Å². The van der Waals surface area contributed by atoms with Crippen LogP contribution in [-0.2, 0) is 6.54 Å². The minimum Gasteiger partial charge on any atom is -0.309 e. The Morgan fingerprint density at radius 1 is 1.35 bits per heavy atom. The second-order valence-corrected chi connectivity index (χ2v) is 6.32. The van der Waals surface area contributed by atoms with E-state index in [2.05, 4.69) is 30.6 Å². The lowest BCUT2D eigenvalue weighted by Crippen LogP contribution is -2.36. The molecule has 1 N–H and O–H groups in total. The van der Waals surface area contributed by atoms with Crippen molar-refractivity contribution in [2.24, 2.45) is 5.92 Å². The maximum atomic E-state index is 3.79. The van der Waals surface area contributed by atoms with Gasteiger partial charge in [0.25, 0.3) is 0 Å². The standard InChI is InChI=1S/C15H25NS/c1-3-14(13-7-5-4-6-8-13)16-11-15-12(2)9-10-17-15/h9-10,13-14,16H,3-8,11H2,1-2H3. The largest absolute Gasteiger partial charge is 0.309 e. The van der Waals surface area contributed by atoms with Crippen molar-refractivity contribution in [1.82, 2.24) is 5.32 Å². The summed E-state index contributed by atoms with van der Waals surface area (Å²) in [7, 11) is 0. The molecule has 1 fully saturated rings. The molecule has 2 heteroatoms. The third kappa shape index (κ3) is 3.56. The molecule has 1 saturated carbocycles. The zero-order chi connectivity index (χ0) is 12.1. The van der Waals surface area contributed by atoms with Crippen molar-refractivity contribution in [1.29, 1.82) is 0 Å². The number of nitrogens with one attached hydrogen (secondary N) is 1. The number of hydrogen-bond acceptors (Lipinski definition) is 2. The average molecular weight is 251 g/mol. The maximum absolute atomic E-state index is 3.79. The average Bonchev–Trinajstić information content (AvgIpc) is 2.77. The van der Waals surface area contributed by atoms with E-state index in [4.69, 9.17) is 0 Å². The summed E-state index contributed by atoms with van der Waals surface area (Å²) in [6, 6.07) is 2.96. The molecule has 0 saturated heterocycles. The molecule has 1 aromatic heterocycles. The second-order valence-electron chi connectivity index (χ2n) is 5.32. The monoisotopic (exact) mass is 251 g/mol. The Labute approximate surface area is 110 Å². The molecule has 0 radical (unpaired) electrons. The molecule has 1 heterocycles. The Bertz CT molecular complexity index is 325. The Hall–Kier alpha value is -0.340. The lowest BCUT2D eigenvalue weighted by atomic mass is 9.83. The predicted molar refractivity (Wildman–Crippen MR) is 76.5 cm³/mol. The molecule has 1 aliphatic rings. The van der Waals surface area contributed by atoms with Crippen LogP contribution in [0.4, 0.5) is 0 Å². The SMILES string of the molecule is CCC(NCc1sccc1C)C1CCCCC1. The summed E-state index contributed by atoms with van der Waals surface area (Å²) in [6.45, 7) is 5.61. The summed E-state index contributed by atoms with van der Waals surface area (Å²) in [6.07, 6.45) is 8.50. The first-order valence-corrected chi connectivity index (χ1v) is 7.95. The number of aryl methyl sites for hydroxylation is 1. The number of thiophene rings is 1. The van der Waals surface area contributed by atoms with Gasteiger partial charge in [-0.25, -0.2) is 0 Å². The van der Waals surface area contributed by atoms with Gasteiger partial charge in [-0.2, -0.15) is 0 Å². The highest BCUT2D eigenvalue weighted by molar-refractivity contribution is 7.10. The molecule has 17 heavy (non-hydrogen) atoms. The zero-order valence-electron chi connectivity index (χ0n) is 11.2. The summed E-state index contributed by atoms with van der Waals surface area (Å²) >= 11 is 1.89. The van der Waals surface area contributed by atoms with Gasteiger partial charge in [0.2, 0.25) is 0 Å². The van der Waals surface area contributed by atoms with Crippen LogP contribution in [0.3, 0.4) is 0 Å². The van der Waals surface area contributed by atoms with Gasteiger partial charge in [0.1, 0.15) is 0 Å². The summed E-state index contributed by atoms with van der Waals surface area (Å²) in [5, 5.41) is 6.00. The first kappa shape index (κ1) is 13.1. The van der Waals surface area contributed by atoms with E-state index in [0.29, 0.717) is 0 Å². The Morgan fingerprint density at radius 2 is 2.12 bits per heavy atom. The van der Waals surface area contributed by atoms with Crippen molar-refractivity contribution in [2.45, 2.75) is 65.0 Å². The molecule has 0 bridgehead atoms. The fourth-order valence-electron chi connectivity index (χ4n) is 2.99. The van der Waals surface area contributed by atoms with E-state index in [9.17, 15) is 0 Å². The first-order valence-electron chi connectivity index (χ1n) is 7.07. The smallest absolute Gasteiger partial charge is 0.0305 e. The van der Waals surface area contributed by atoms with E-state index in [-0.39, 0.29) is 0 Å². The number of hydrogen-bond donors (Lipinski definition) is 1. The topological polar surface area (TPSA) is 12.0 Å². The van der Waals surface area contributed by atoms with E-state index in [0.717, 1.165) is 18.5 Å². The van der Waals surface area contributed by atoms with Gasteiger partial charge in [0.15, 0.2) is 0 Å². The third-order valence-electron chi connectivity index (χ3n) is 4.15. The highest BCUT2D eigenvalue weighted by atomic mass is 32.1. The summed E-state index contributed by atoms with van der Waals surface area (Å²) in [4.78, 5) is 1.51. The van der Waals surface area contributed by atoms with Crippen molar-refractivity contribution in [3.8, 4) is 0 Å². The van der Waals surface area contributed by atoms with E-state index >= 15 is 0 Å². The van der Waals surface area contributed by atoms with Crippen LogP contribution >= 0.6 is 11.3 Å².